The molecule has 0 spiro atoms. The molecule has 0 bridgehead atoms. The number of aromatic nitrogens is 3. The van der Waals surface area contributed by atoms with Gasteiger partial charge in [0.1, 0.15) is 21.2 Å². The van der Waals surface area contributed by atoms with Crippen LogP contribution in [0.4, 0.5) is 5.69 Å². The van der Waals surface area contributed by atoms with Crippen molar-refractivity contribution in [2.24, 2.45) is 0 Å². The van der Waals surface area contributed by atoms with Crippen LogP contribution in [0.15, 0.2) is 17.0 Å². The van der Waals surface area contributed by atoms with Crippen LogP contribution in [0, 0.1) is 10.1 Å². The smallest absolute Gasteiger partial charge is 0.744 e. The summed E-state index contributed by atoms with van der Waals surface area (Å²) in [6, 6.07) is 1.68. The average Bonchev–Trinajstić information content (AvgIpc) is 2.61. The van der Waals surface area contributed by atoms with Crippen molar-refractivity contribution in [3.8, 4) is 0 Å². The molecule has 0 radical (unpaired) electrons. The molecular formula is C6H3AgN4O5S. The van der Waals surface area contributed by atoms with Gasteiger partial charge in [0.05, 0.1) is 9.82 Å². The molecule has 11 heteroatoms. The van der Waals surface area contributed by atoms with Crippen molar-refractivity contribution in [1.82, 2.24) is 15.4 Å². The van der Waals surface area contributed by atoms with Gasteiger partial charge in [-0.3, -0.25) is 10.1 Å². The van der Waals surface area contributed by atoms with E-state index < -0.39 is 25.6 Å². The number of rotatable bonds is 2. The predicted octanol–water partition coefficient (Wildman–Crippen LogP) is -0.232. The molecule has 9 nitrogen and oxygen atoms in total. The Kier molecular flexibility index (Phi) is 3.64. The number of nitrogens with one attached hydrogen (secondary N) is 1. The number of benzene rings is 1. The van der Waals surface area contributed by atoms with Crippen molar-refractivity contribution in [2.75, 3.05) is 0 Å². The standard InChI is InChI=1S/C6H4N4O5S.Ag/c11-10(12)3-1-4-6(8-9-7-4)5(2-3)16(13,14)15;/h1-2H,(H,7,8,9)(H,13,14,15);/q;+1/p-1. The number of nitrogens with zero attached hydrogens (tertiary/aromatic N) is 3. The van der Waals surface area contributed by atoms with E-state index >= 15 is 0 Å². The largest absolute Gasteiger partial charge is 1.00 e. The second kappa shape index (κ2) is 4.50. The van der Waals surface area contributed by atoms with Crippen LogP contribution < -0.4 is 0 Å². The molecule has 0 atom stereocenters. The molecule has 0 aliphatic heterocycles. The van der Waals surface area contributed by atoms with Crippen LogP contribution in [0.2, 0.25) is 0 Å². The van der Waals surface area contributed by atoms with Gasteiger partial charge in [-0.05, 0) is 0 Å². The van der Waals surface area contributed by atoms with Gasteiger partial charge < -0.3 is 4.55 Å². The first-order valence-corrected chi connectivity index (χ1v) is 5.25. The maximum Gasteiger partial charge on any atom is 1.00 e. The SMILES string of the molecule is O=[N+]([O-])c1cc(S(=O)(=O)[O-])c2n[nH]nc2c1.[Ag+]. The summed E-state index contributed by atoms with van der Waals surface area (Å²) in [5.74, 6) is 0. The third-order valence-corrected chi connectivity index (χ3v) is 2.70. The van der Waals surface area contributed by atoms with Gasteiger partial charge in [0.2, 0.25) is 0 Å². The Morgan fingerprint density at radius 3 is 2.47 bits per heavy atom. The predicted molar refractivity (Wildman–Crippen MR) is 48.5 cm³/mol. The van der Waals surface area contributed by atoms with Crippen molar-refractivity contribution < 1.29 is 40.3 Å². The van der Waals surface area contributed by atoms with Gasteiger partial charge in [-0.1, -0.05) is 0 Å². The Morgan fingerprint density at radius 2 is 1.94 bits per heavy atom. The number of H-pyrrole nitrogens is 1. The second-order valence-corrected chi connectivity index (χ2v) is 4.19. The zero-order valence-electron chi connectivity index (χ0n) is 7.75. The summed E-state index contributed by atoms with van der Waals surface area (Å²) >= 11 is 0. The zero-order chi connectivity index (χ0) is 11.9. The van der Waals surface area contributed by atoms with Crippen LogP contribution in [0.25, 0.3) is 11.0 Å². The molecule has 1 N–H and O–H groups in total. The number of aromatic amines is 1. The molecule has 0 aliphatic rings. The molecule has 2 aromatic rings. The number of nitro groups is 1. The minimum Gasteiger partial charge on any atom is -0.744 e. The topological polar surface area (TPSA) is 142 Å². The van der Waals surface area contributed by atoms with E-state index in [0.29, 0.717) is 6.07 Å². The van der Waals surface area contributed by atoms with Crippen LogP contribution in [0.1, 0.15) is 0 Å². The number of hydrogen-bond donors (Lipinski definition) is 1. The Morgan fingerprint density at radius 1 is 1.29 bits per heavy atom. The molecule has 0 unspecified atom stereocenters. The molecule has 1 heterocycles. The first kappa shape index (κ1) is 13.7. The van der Waals surface area contributed by atoms with Crippen LogP contribution in [0.3, 0.4) is 0 Å². The molecule has 94 valence electrons. The van der Waals surface area contributed by atoms with E-state index in [2.05, 4.69) is 15.4 Å². The number of non-ortho nitro benzene ring substituents is 1. The molecule has 0 aliphatic carbocycles. The van der Waals surface area contributed by atoms with Crippen molar-refractivity contribution in [3.05, 3.63) is 22.2 Å². The van der Waals surface area contributed by atoms with E-state index in [1.165, 1.54) is 0 Å². The number of hydrogen-bond acceptors (Lipinski definition) is 7. The van der Waals surface area contributed by atoms with Gasteiger partial charge in [0.25, 0.3) is 5.69 Å². The summed E-state index contributed by atoms with van der Waals surface area (Å²) < 4.78 is 32.6. The van der Waals surface area contributed by atoms with E-state index in [9.17, 15) is 23.1 Å². The van der Waals surface area contributed by atoms with E-state index in [-0.39, 0.29) is 33.4 Å². The molecule has 0 saturated carbocycles. The monoisotopic (exact) mass is 350 g/mol. The Labute approximate surface area is 110 Å². The van der Waals surface area contributed by atoms with E-state index in [4.69, 9.17) is 0 Å². The van der Waals surface area contributed by atoms with Gasteiger partial charge in [0, 0.05) is 12.1 Å². The summed E-state index contributed by atoms with van der Waals surface area (Å²) in [7, 11) is -4.83. The summed E-state index contributed by atoms with van der Waals surface area (Å²) in [6.07, 6.45) is 0. The van der Waals surface area contributed by atoms with Crippen molar-refractivity contribution in [3.63, 3.8) is 0 Å². The first-order valence-electron chi connectivity index (χ1n) is 3.84. The van der Waals surface area contributed by atoms with E-state index in [1.54, 1.807) is 0 Å². The minimum absolute atomic E-state index is 0. The quantitative estimate of drug-likeness (QED) is 0.341. The maximum absolute atomic E-state index is 10.9. The van der Waals surface area contributed by atoms with E-state index in [0.717, 1.165) is 6.07 Å². The molecule has 0 fully saturated rings. The molecule has 0 amide bonds. The second-order valence-electron chi connectivity index (χ2n) is 2.85. The molecule has 0 saturated heterocycles. The minimum atomic E-state index is -4.83. The summed E-state index contributed by atoms with van der Waals surface area (Å²) in [6.45, 7) is 0. The number of nitro benzene ring substituents is 1. The third kappa shape index (κ3) is 2.50. The van der Waals surface area contributed by atoms with Crippen LogP contribution in [-0.2, 0) is 32.5 Å². The molecule has 1 aromatic carbocycles. The fourth-order valence-electron chi connectivity index (χ4n) is 1.20. The normalized spacial score (nSPS) is 11.1. The zero-order valence-corrected chi connectivity index (χ0v) is 10.0. The van der Waals surface area contributed by atoms with Crippen LogP contribution >= 0.6 is 0 Å². The van der Waals surface area contributed by atoms with Gasteiger partial charge in [0.15, 0.2) is 0 Å². The Hall–Kier alpha value is -1.33. The maximum atomic E-state index is 10.9. The first-order chi connectivity index (χ1) is 7.39. The van der Waals surface area contributed by atoms with Crippen molar-refractivity contribution in [2.45, 2.75) is 4.90 Å². The van der Waals surface area contributed by atoms with Gasteiger partial charge in [-0.25, -0.2) is 8.42 Å². The molecule has 17 heavy (non-hydrogen) atoms. The summed E-state index contributed by atoms with van der Waals surface area (Å²) in [4.78, 5) is 8.92. The average molecular weight is 351 g/mol. The Balaban J connectivity index is 0.00000144. The van der Waals surface area contributed by atoms with Gasteiger partial charge in [-0.2, -0.15) is 15.4 Å². The fourth-order valence-corrected chi connectivity index (χ4v) is 1.85. The van der Waals surface area contributed by atoms with Gasteiger partial charge >= 0.3 is 22.4 Å². The number of fused-ring (bicyclic) bond motifs is 1. The fraction of sp³-hybridized carbons (Fsp3) is 0. The third-order valence-electron chi connectivity index (χ3n) is 1.85. The van der Waals surface area contributed by atoms with Gasteiger partial charge in [-0.15, -0.1) is 0 Å². The van der Waals surface area contributed by atoms with Crippen molar-refractivity contribution >= 4 is 26.8 Å². The van der Waals surface area contributed by atoms with Crippen LogP contribution in [-0.4, -0.2) is 33.3 Å². The molecular weight excluding hydrogens is 348 g/mol. The molecule has 2 rings (SSSR count). The Bertz CT molecular complexity index is 681. The van der Waals surface area contributed by atoms with Crippen molar-refractivity contribution in [1.29, 1.82) is 0 Å². The molecule has 1 aromatic heterocycles. The summed E-state index contributed by atoms with van der Waals surface area (Å²) in [5.41, 5.74) is -0.792. The van der Waals surface area contributed by atoms with Crippen LogP contribution in [0.5, 0.6) is 0 Å². The summed E-state index contributed by atoms with van der Waals surface area (Å²) in [5, 5.41) is 19.5. The van der Waals surface area contributed by atoms with E-state index in [1.807, 2.05) is 0 Å².